The van der Waals surface area contributed by atoms with Crippen molar-refractivity contribution in [3.8, 4) is 0 Å². The van der Waals surface area contributed by atoms with Gasteiger partial charge in [0.05, 0.1) is 19.6 Å². The SMILES string of the molecule is CCCCCCCCCCCCCCCC(=O)O[C@H](CCCCCCCCCCC)CC(=O)N[C@H]1[C@H](OCc2ccccc2)O[C@H](CO)[C@@H](O)[C@@H]1OC(=O)OCC(Cl)(Cl)Cl. The van der Waals surface area contributed by atoms with E-state index in [4.69, 9.17) is 58.5 Å². The van der Waals surface area contributed by atoms with Gasteiger partial charge in [0, 0.05) is 6.42 Å². The van der Waals surface area contributed by atoms with Crippen molar-refractivity contribution in [1.29, 1.82) is 0 Å². The van der Waals surface area contributed by atoms with E-state index in [-0.39, 0.29) is 25.4 Å². The van der Waals surface area contributed by atoms with E-state index in [1.165, 1.54) is 89.9 Å². The fourth-order valence-electron chi connectivity index (χ4n) is 7.41. The molecule has 3 N–H and O–H groups in total. The summed E-state index contributed by atoms with van der Waals surface area (Å²) in [6.45, 7) is 3.20. The Morgan fingerprint density at radius 2 is 1.28 bits per heavy atom. The van der Waals surface area contributed by atoms with Crippen molar-refractivity contribution in [2.45, 2.75) is 222 Å². The number of hydrogen-bond acceptors (Lipinski definition) is 10. The topological polar surface area (TPSA) is 150 Å². The summed E-state index contributed by atoms with van der Waals surface area (Å²) in [5.41, 5.74) is 0.786. The van der Waals surface area contributed by atoms with Gasteiger partial charge in [-0.05, 0) is 24.8 Å². The number of rotatable bonds is 34. The van der Waals surface area contributed by atoms with Crippen LogP contribution in [-0.2, 0) is 39.9 Å². The highest BCUT2D eigenvalue weighted by atomic mass is 35.6. The summed E-state index contributed by atoms with van der Waals surface area (Å²) in [6.07, 6.45) is 18.8. The van der Waals surface area contributed by atoms with E-state index in [0.29, 0.717) is 6.42 Å². The molecule has 0 aromatic heterocycles. The summed E-state index contributed by atoms with van der Waals surface area (Å²) in [6, 6.07) is 7.92. The lowest BCUT2D eigenvalue weighted by Crippen LogP contribution is -2.66. The Morgan fingerprint density at radius 1 is 0.767 bits per heavy atom. The number of carbonyl (C=O) groups excluding carboxylic acids is 3. The highest BCUT2D eigenvalue weighted by Gasteiger charge is 2.49. The summed E-state index contributed by atoms with van der Waals surface area (Å²) >= 11 is 17.2. The van der Waals surface area contributed by atoms with E-state index in [9.17, 15) is 24.6 Å². The summed E-state index contributed by atoms with van der Waals surface area (Å²) in [5, 5.41) is 24.0. The Bertz CT molecular complexity index is 1260. The molecule has 1 aromatic carbocycles. The van der Waals surface area contributed by atoms with E-state index in [1.807, 2.05) is 30.3 Å². The molecule has 11 nitrogen and oxygen atoms in total. The van der Waals surface area contributed by atoms with Gasteiger partial charge in [-0.3, -0.25) is 9.59 Å². The van der Waals surface area contributed by atoms with Crippen molar-refractivity contribution in [2.24, 2.45) is 0 Å². The van der Waals surface area contributed by atoms with E-state index in [1.54, 1.807) is 0 Å². The van der Waals surface area contributed by atoms with Gasteiger partial charge in [0.1, 0.15) is 31.0 Å². The number of alkyl halides is 3. The number of hydrogen-bond donors (Lipinski definition) is 3. The maximum absolute atomic E-state index is 13.8. The number of ether oxygens (including phenoxy) is 5. The Labute approximate surface area is 375 Å². The number of unbranched alkanes of at least 4 members (excludes halogenated alkanes) is 20. The largest absolute Gasteiger partial charge is 0.508 e. The first-order valence-electron chi connectivity index (χ1n) is 23.0. The third-order valence-electron chi connectivity index (χ3n) is 10.8. The van der Waals surface area contributed by atoms with E-state index >= 15 is 0 Å². The summed E-state index contributed by atoms with van der Waals surface area (Å²) in [7, 11) is 0. The van der Waals surface area contributed by atoms with Gasteiger partial charge in [0.15, 0.2) is 12.4 Å². The zero-order chi connectivity index (χ0) is 43.9. The third-order valence-corrected chi connectivity index (χ3v) is 11.2. The van der Waals surface area contributed by atoms with Crippen LogP contribution < -0.4 is 5.32 Å². The number of carbonyl (C=O) groups is 3. The van der Waals surface area contributed by atoms with Gasteiger partial charge in [-0.1, -0.05) is 207 Å². The maximum Gasteiger partial charge on any atom is 0.508 e. The molecular weight excluding hydrogens is 833 g/mol. The fourth-order valence-corrected chi connectivity index (χ4v) is 7.57. The minimum Gasteiger partial charge on any atom is -0.462 e. The van der Waals surface area contributed by atoms with Crippen LogP contribution in [-0.4, -0.2) is 82.0 Å². The molecule has 1 fully saturated rings. The Kier molecular flexibility index (Phi) is 30.5. The molecule has 0 unspecified atom stereocenters. The van der Waals surface area contributed by atoms with Crippen LogP contribution in [0.1, 0.15) is 180 Å². The standard InChI is InChI=1S/C46H76Cl3NO10/c1-3-5-7-9-11-13-14-15-16-18-20-22-27-31-40(53)58-37(30-26-21-19-17-12-10-8-6-4-2)32-39(52)50-41-43(60-45(55)57-35-46(47,48)49)42(54)38(33-51)59-44(41)56-34-36-28-24-23-25-29-36/h23-25,28-29,37-38,41-44,51,54H,3-22,26-27,30-35H2,1-2H3,(H,50,52)/t37-,38-,41-,42-,43-,44-/m1/s1. The number of benzene rings is 1. The van der Waals surface area contributed by atoms with Gasteiger partial charge in [0.25, 0.3) is 0 Å². The van der Waals surface area contributed by atoms with Crippen LogP contribution in [0, 0.1) is 0 Å². The third kappa shape index (κ3) is 25.9. The molecule has 0 spiro atoms. The minimum absolute atomic E-state index is 0.0363. The lowest BCUT2D eigenvalue weighted by molar-refractivity contribution is -0.274. The van der Waals surface area contributed by atoms with Crippen LogP contribution in [0.5, 0.6) is 0 Å². The second-order valence-electron chi connectivity index (χ2n) is 16.3. The van der Waals surface area contributed by atoms with Crippen molar-refractivity contribution in [3.63, 3.8) is 0 Å². The first-order chi connectivity index (χ1) is 29.0. The molecule has 1 aliphatic heterocycles. The molecule has 1 aromatic rings. The first-order valence-corrected chi connectivity index (χ1v) is 24.1. The molecule has 346 valence electrons. The zero-order valence-electron chi connectivity index (χ0n) is 36.4. The lowest BCUT2D eigenvalue weighted by atomic mass is 9.96. The van der Waals surface area contributed by atoms with Crippen molar-refractivity contribution in [1.82, 2.24) is 5.32 Å². The number of aliphatic hydroxyl groups is 2. The summed E-state index contributed by atoms with van der Waals surface area (Å²) < 4.78 is 26.4. The van der Waals surface area contributed by atoms with Gasteiger partial charge in [-0.15, -0.1) is 0 Å². The highest BCUT2D eigenvalue weighted by Crippen LogP contribution is 2.29. The smallest absolute Gasteiger partial charge is 0.462 e. The van der Waals surface area contributed by atoms with Crippen LogP contribution in [0.25, 0.3) is 0 Å². The minimum atomic E-state index is -1.93. The average Bonchev–Trinajstić information content (AvgIpc) is 3.22. The monoisotopic (exact) mass is 907 g/mol. The van der Waals surface area contributed by atoms with Crippen molar-refractivity contribution in [2.75, 3.05) is 13.2 Å². The quantitative estimate of drug-likeness (QED) is 0.0346. The van der Waals surface area contributed by atoms with Crippen LogP contribution in [0.4, 0.5) is 4.79 Å². The van der Waals surface area contributed by atoms with Crippen LogP contribution >= 0.6 is 34.8 Å². The lowest BCUT2D eigenvalue weighted by Gasteiger charge is -2.43. The molecule has 0 radical (unpaired) electrons. The van der Waals surface area contributed by atoms with Gasteiger partial charge in [-0.2, -0.15) is 0 Å². The van der Waals surface area contributed by atoms with E-state index < -0.39 is 65.8 Å². The molecule has 0 saturated carbocycles. The van der Waals surface area contributed by atoms with Gasteiger partial charge in [-0.25, -0.2) is 4.79 Å². The Morgan fingerprint density at radius 3 is 1.80 bits per heavy atom. The number of amides is 1. The second-order valence-corrected chi connectivity index (χ2v) is 18.8. The van der Waals surface area contributed by atoms with Gasteiger partial charge < -0.3 is 39.2 Å². The normalized spacial score (nSPS) is 19.8. The predicted octanol–water partition coefficient (Wildman–Crippen LogP) is 11.4. The number of esters is 1. The van der Waals surface area contributed by atoms with E-state index in [0.717, 1.165) is 56.9 Å². The highest BCUT2D eigenvalue weighted by molar-refractivity contribution is 6.67. The summed E-state index contributed by atoms with van der Waals surface area (Å²) in [5.74, 6) is -0.875. The molecular formula is C46H76Cl3NO10. The molecule has 1 aliphatic rings. The number of nitrogens with one attached hydrogen (secondary N) is 1. The average molecular weight is 909 g/mol. The van der Waals surface area contributed by atoms with Crippen LogP contribution in [0.3, 0.4) is 0 Å². The zero-order valence-corrected chi connectivity index (χ0v) is 38.7. The predicted molar refractivity (Wildman–Crippen MR) is 238 cm³/mol. The van der Waals surface area contributed by atoms with Crippen molar-refractivity contribution >= 4 is 52.8 Å². The van der Waals surface area contributed by atoms with Gasteiger partial charge in [0.2, 0.25) is 9.70 Å². The molecule has 2 rings (SSSR count). The molecule has 0 bridgehead atoms. The molecule has 60 heavy (non-hydrogen) atoms. The Balaban J connectivity index is 2.05. The first kappa shape index (κ1) is 54.3. The van der Waals surface area contributed by atoms with Crippen LogP contribution in [0.2, 0.25) is 0 Å². The second kappa shape index (κ2) is 33.7. The Hall–Kier alpha value is -1.86. The fraction of sp³-hybridized carbons (Fsp3) is 0.804. The van der Waals surface area contributed by atoms with Crippen LogP contribution in [0.15, 0.2) is 30.3 Å². The maximum atomic E-state index is 13.8. The van der Waals surface area contributed by atoms with E-state index in [2.05, 4.69) is 19.2 Å². The van der Waals surface area contributed by atoms with Crippen molar-refractivity contribution < 1.29 is 48.3 Å². The molecule has 1 amide bonds. The summed E-state index contributed by atoms with van der Waals surface area (Å²) in [4.78, 5) is 39.7. The molecule has 6 atom stereocenters. The number of halogens is 3. The molecule has 0 aliphatic carbocycles. The van der Waals surface area contributed by atoms with Crippen molar-refractivity contribution in [3.05, 3.63) is 35.9 Å². The molecule has 1 saturated heterocycles. The number of aliphatic hydroxyl groups excluding tert-OH is 2. The molecule has 1 heterocycles. The molecule has 14 heteroatoms. The van der Waals surface area contributed by atoms with Gasteiger partial charge >= 0.3 is 12.1 Å².